The van der Waals surface area contributed by atoms with Crippen molar-refractivity contribution in [3.63, 3.8) is 0 Å². The summed E-state index contributed by atoms with van der Waals surface area (Å²) in [5.41, 5.74) is 0.166. The zero-order valence-electron chi connectivity index (χ0n) is 9.76. The summed E-state index contributed by atoms with van der Waals surface area (Å²) in [5.74, 6) is -0.827. The van der Waals surface area contributed by atoms with Crippen LogP contribution in [-0.2, 0) is 9.53 Å². The molecule has 0 spiro atoms. The Morgan fingerprint density at radius 2 is 2.29 bits per heavy atom. The second-order valence-corrected chi connectivity index (χ2v) is 3.78. The molecule has 94 valence electrons. The lowest BCUT2D eigenvalue weighted by atomic mass is 10.0. The van der Waals surface area contributed by atoms with Crippen LogP contribution in [0.4, 0.5) is 11.5 Å². The highest BCUT2D eigenvalue weighted by Crippen LogP contribution is 2.22. The predicted octanol–water partition coefficient (Wildman–Crippen LogP) is 0.927. The molecule has 0 aliphatic heterocycles. The Hall–Kier alpha value is -2.12. The van der Waals surface area contributed by atoms with E-state index in [1.165, 1.54) is 13.3 Å². The van der Waals surface area contributed by atoms with Gasteiger partial charge in [-0.15, -0.1) is 5.10 Å². The van der Waals surface area contributed by atoms with Crippen LogP contribution in [0.1, 0.15) is 13.8 Å². The van der Waals surface area contributed by atoms with Gasteiger partial charge in [-0.25, -0.2) is 4.79 Å². The van der Waals surface area contributed by atoms with Gasteiger partial charge in [-0.05, 0) is 10.8 Å². The van der Waals surface area contributed by atoms with Crippen molar-refractivity contribution in [3.8, 4) is 0 Å². The molecule has 0 fully saturated rings. The van der Waals surface area contributed by atoms with Crippen molar-refractivity contribution in [2.24, 2.45) is 5.92 Å². The van der Waals surface area contributed by atoms with Crippen molar-refractivity contribution in [1.29, 1.82) is 0 Å². The molecule has 0 aromatic carbocycles. The maximum atomic E-state index is 11.5. The third kappa shape index (κ3) is 2.92. The molecule has 0 aliphatic rings. The van der Waals surface area contributed by atoms with Gasteiger partial charge in [0.05, 0.1) is 7.11 Å². The molecule has 17 heavy (non-hydrogen) atoms. The van der Waals surface area contributed by atoms with E-state index in [0.717, 1.165) is 0 Å². The number of nitro groups is 1. The Morgan fingerprint density at radius 3 is 2.76 bits per heavy atom. The monoisotopic (exact) mass is 242 g/mol. The molecule has 2 N–H and O–H groups in total. The number of nitrogens with zero attached hydrogens (tertiary/aromatic N) is 2. The average molecular weight is 242 g/mol. The van der Waals surface area contributed by atoms with Crippen LogP contribution >= 0.6 is 0 Å². The molecule has 8 nitrogen and oxygen atoms in total. The van der Waals surface area contributed by atoms with Gasteiger partial charge in [0.2, 0.25) is 0 Å². The zero-order valence-corrected chi connectivity index (χ0v) is 9.76. The summed E-state index contributed by atoms with van der Waals surface area (Å²) in [7, 11) is 1.27. The Kier molecular flexibility index (Phi) is 4.02. The van der Waals surface area contributed by atoms with Crippen LogP contribution in [0.15, 0.2) is 6.20 Å². The van der Waals surface area contributed by atoms with Gasteiger partial charge in [-0.3, -0.25) is 0 Å². The number of nitrogens with one attached hydrogen (secondary N) is 2. The predicted molar refractivity (Wildman–Crippen MR) is 59.5 cm³/mol. The molecule has 1 heterocycles. The third-order valence-electron chi connectivity index (χ3n) is 2.23. The lowest BCUT2D eigenvalue weighted by Gasteiger charge is -2.19. The number of ether oxygens (including phenoxy) is 1. The average Bonchev–Trinajstić information content (AvgIpc) is 2.72. The largest absolute Gasteiger partial charge is 0.467 e. The molecule has 0 radical (unpaired) electrons. The first-order valence-corrected chi connectivity index (χ1v) is 4.99. The van der Waals surface area contributed by atoms with Crippen LogP contribution in [-0.4, -0.2) is 34.2 Å². The Balaban J connectivity index is 2.90. The number of aromatic nitrogens is 2. The van der Waals surface area contributed by atoms with Gasteiger partial charge in [0.25, 0.3) is 0 Å². The molecule has 0 amide bonds. The van der Waals surface area contributed by atoms with Crippen LogP contribution in [0.3, 0.4) is 0 Å². The number of carbonyl (C=O) groups excluding carboxylic acids is 1. The van der Waals surface area contributed by atoms with E-state index in [4.69, 9.17) is 0 Å². The number of anilines is 1. The quantitative estimate of drug-likeness (QED) is 0.451. The topological polar surface area (TPSA) is 110 Å². The highest BCUT2D eigenvalue weighted by atomic mass is 16.6. The standard InChI is InChI=1S/C9H14N4O4/c1-5(2)7(9(14)17-3)11-6-4-10-12-8(6)13(15)16/h4-5,7,11H,1-3H3,(H,10,12). The summed E-state index contributed by atoms with van der Waals surface area (Å²) in [6.07, 6.45) is 1.26. The van der Waals surface area contributed by atoms with Crippen LogP contribution in [0.5, 0.6) is 0 Å². The number of esters is 1. The smallest absolute Gasteiger partial charge is 0.366 e. The number of hydrogen-bond donors (Lipinski definition) is 2. The van der Waals surface area contributed by atoms with Crippen molar-refractivity contribution >= 4 is 17.5 Å². The molecule has 1 atom stereocenters. The minimum atomic E-state index is -0.656. The van der Waals surface area contributed by atoms with E-state index in [1.54, 1.807) is 13.8 Å². The summed E-state index contributed by atoms with van der Waals surface area (Å²) < 4.78 is 4.62. The number of methoxy groups -OCH3 is 1. The molecule has 1 unspecified atom stereocenters. The Labute approximate surface area is 97.5 Å². The maximum absolute atomic E-state index is 11.5. The Bertz CT molecular complexity index is 415. The molecule has 1 aromatic heterocycles. The summed E-state index contributed by atoms with van der Waals surface area (Å²) >= 11 is 0. The number of aromatic amines is 1. The van der Waals surface area contributed by atoms with Gasteiger partial charge in [-0.1, -0.05) is 18.9 Å². The van der Waals surface area contributed by atoms with E-state index in [-0.39, 0.29) is 17.4 Å². The molecule has 0 saturated heterocycles. The fourth-order valence-corrected chi connectivity index (χ4v) is 1.32. The highest BCUT2D eigenvalue weighted by Gasteiger charge is 2.26. The number of hydrogen-bond acceptors (Lipinski definition) is 6. The van der Waals surface area contributed by atoms with E-state index < -0.39 is 16.9 Å². The summed E-state index contributed by atoms with van der Waals surface area (Å²) in [5, 5.41) is 19.2. The number of rotatable bonds is 5. The highest BCUT2D eigenvalue weighted by molar-refractivity contribution is 5.80. The van der Waals surface area contributed by atoms with E-state index in [9.17, 15) is 14.9 Å². The molecular formula is C9H14N4O4. The van der Waals surface area contributed by atoms with Crippen LogP contribution < -0.4 is 5.32 Å². The van der Waals surface area contributed by atoms with Crippen molar-refractivity contribution < 1.29 is 14.5 Å². The molecule has 0 saturated carbocycles. The lowest BCUT2D eigenvalue weighted by Crippen LogP contribution is -2.35. The van der Waals surface area contributed by atoms with Gasteiger partial charge in [0.1, 0.15) is 12.2 Å². The first-order valence-electron chi connectivity index (χ1n) is 4.99. The first-order chi connectivity index (χ1) is 7.97. The second-order valence-electron chi connectivity index (χ2n) is 3.78. The second kappa shape index (κ2) is 5.28. The molecule has 1 rings (SSSR count). The van der Waals surface area contributed by atoms with Crippen LogP contribution in [0.25, 0.3) is 0 Å². The van der Waals surface area contributed by atoms with Crippen molar-refractivity contribution in [1.82, 2.24) is 10.2 Å². The van der Waals surface area contributed by atoms with Gasteiger partial charge in [0, 0.05) is 0 Å². The van der Waals surface area contributed by atoms with E-state index in [1.807, 2.05) is 0 Å². The first kappa shape index (κ1) is 12.9. The van der Waals surface area contributed by atoms with E-state index in [2.05, 4.69) is 20.3 Å². The van der Waals surface area contributed by atoms with Gasteiger partial charge in [0.15, 0.2) is 5.69 Å². The minimum Gasteiger partial charge on any atom is -0.467 e. The van der Waals surface area contributed by atoms with Crippen molar-refractivity contribution in [2.45, 2.75) is 19.9 Å². The SMILES string of the molecule is COC(=O)C(Nc1cn[nH]c1[N+](=O)[O-])C(C)C. The lowest BCUT2D eigenvalue weighted by molar-refractivity contribution is -0.388. The molecule has 1 aromatic rings. The third-order valence-corrected chi connectivity index (χ3v) is 2.23. The van der Waals surface area contributed by atoms with Gasteiger partial charge in [-0.2, -0.15) is 0 Å². The minimum absolute atomic E-state index is 0.0723. The van der Waals surface area contributed by atoms with E-state index >= 15 is 0 Å². The Morgan fingerprint density at radius 1 is 1.65 bits per heavy atom. The van der Waals surface area contributed by atoms with Gasteiger partial charge < -0.3 is 20.2 Å². The maximum Gasteiger partial charge on any atom is 0.366 e. The molecule has 0 aliphatic carbocycles. The fraction of sp³-hybridized carbons (Fsp3) is 0.556. The van der Waals surface area contributed by atoms with Crippen LogP contribution in [0, 0.1) is 16.0 Å². The van der Waals surface area contributed by atoms with E-state index in [0.29, 0.717) is 0 Å². The van der Waals surface area contributed by atoms with Crippen molar-refractivity contribution in [3.05, 3.63) is 16.3 Å². The number of carbonyl (C=O) groups is 1. The number of H-pyrrole nitrogens is 1. The summed E-state index contributed by atoms with van der Waals surface area (Å²) in [6.45, 7) is 3.61. The summed E-state index contributed by atoms with van der Waals surface area (Å²) in [4.78, 5) is 21.5. The molecule has 8 heteroatoms. The fourth-order valence-electron chi connectivity index (χ4n) is 1.32. The van der Waals surface area contributed by atoms with Crippen molar-refractivity contribution in [2.75, 3.05) is 12.4 Å². The molecule has 0 bridgehead atoms. The van der Waals surface area contributed by atoms with Gasteiger partial charge >= 0.3 is 11.8 Å². The van der Waals surface area contributed by atoms with Crippen LogP contribution in [0.2, 0.25) is 0 Å². The summed E-state index contributed by atoms with van der Waals surface area (Å²) in [6, 6.07) is -0.656. The normalized spacial score (nSPS) is 12.2. The molecular weight excluding hydrogens is 228 g/mol. The zero-order chi connectivity index (χ0) is 13.0.